The largest absolute Gasteiger partial charge is 0.370 e. The summed E-state index contributed by atoms with van der Waals surface area (Å²) in [5.41, 5.74) is 3.44. The van der Waals surface area contributed by atoms with Crippen LogP contribution >= 0.6 is 11.6 Å². The van der Waals surface area contributed by atoms with Gasteiger partial charge in [0.2, 0.25) is 0 Å². The Labute approximate surface area is 159 Å². The average Bonchev–Trinajstić information content (AvgIpc) is 2.83. The summed E-state index contributed by atoms with van der Waals surface area (Å²) < 4.78 is 0. The molecule has 1 aliphatic rings. The Kier molecular flexibility index (Phi) is 5.49. The third-order valence-electron chi connectivity index (χ3n) is 5.00. The second-order valence-electron chi connectivity index (χ2n) is 6.70. The molecule has 5 heteroatoms. The lowest BCUT2D eigenvalue weighted by Crippen LogP contribution is -2.34. The zero-order valence-corrected chi connectivity index (χ0v) is 15.8. The maximum absolute atomic E-state index is 11.5. The lowest BCUT2D eigenvalue weighted by molar-refractivity contribution is 0.101. The van der Waals surface area contributed by atoms with Crippen LogP contribution in [0.15, 0.2) is 42.5 Å². The van der Waals surface area contributed by atoms with Crippen molar-refractivity contribution in [2.45, 2.75) is 26.3 Å². The minimum atomic E-state index is 0.0879. The van der Waals surface area contributed by atoms with Gasteiger partial charge in [0.05, 0.1) is 10.6 Å². The van der Waals surface area contributed by atoms with Gasteiger partial charge in [-0.05, 0) is 62.7 Å². The first-order valence-corrected chi connectivity index (χ1v) is 9.19. The fourth-order valence-corrected chi connectivity index (χ4v) is 3.60. The van der Waals surface area contributed by atoms with Crippen molar-refractivity contribution in [2.24, 2.45) is 0 Å². The number of halogens is 1. The Hall–Kier alpha value is -2.51. The molecular weight excluding hydrogens is 346 g/mol. The molecule has 3 rings (SSSR count). The molecule has 0 saturated carbocycles. The van der Waals surface area contributed by atoms with E-state index in [1.807, 2.05) is 36.4 Å². The lowest BCUT2D eigenvalue weighted by atomic mass is 10.1. The van der Waals surface area contributed by atoms with Crippen LogP contribution in [0.1, 0.15) is 36.2 Å². The van der Waals surface area contributed by atoms with E-state index < -0.39 is 0 Å². The molecule has 0 radical (unpaired) electrons. The maximum atomic E-state index is 11.5. The number of carbonyl (C=O) groups excluding carboxylic acids is 1. The van der Waals surface area contributed by atoms with E-state index in [-0.39, 0.29) is 5.78 Å². The molecule has 26 heavy (non-hydrogen) atoms. The average molecular weight is 368 g/mol. The standard InChI is InChI=1S/C21H22ClN3O/c1-15-9-10-24(19-6-3-17(4-7-19)16(2)26)11-12-25(15)20-8-5-18(14-23)21(22)13-20/h3-8,13,15H,9-12H2,1-2H3/t15-/m0/s1. The summed E-state index contributed by atoms with van der Waals surface area (Å²) in [5, 5.41) is 9.55. The molecule has 0 aromatic heterocycles. The highest BCUT2D eigenvalue weighted by Crippen LogP contribution is 2.27. The zero-order valence-electron chi connectivity index (χ0n) is 15.1. The molecule has 2 aromatic rings. The Bertz CT molecular complexity index is 841. The maximum Gasteiger partial charge on any atom is 0.159 e. The van der Waals surface area contributed by atoms with Crippen LogP contribution in [0.25, 0.3) is 0 Å². The Morgan fingerprint density at radius 2 is 1.81 bits per heavy atom. The first-order valence-electron chi connectivity index (χ1n) is 8.82. The molecule has 0 N–H and O–H groups in total. The monoisotopic (exact) mass is 367 g/mol. The fourth-order valence-electron chi connectivity index (χ4n) is 3.38. The number of hydrogen-bond donors (Lipinski definition) is 0. The predicted molar refractivity (Wildman–Crippen MR) is 106 cm³/mol. The number of ketones is 1. The second-order valence-corrected chi connectivity index (χ2v) is 7.10. The van der Waals surface area contributed by atoms with Crippen LogP contribution in [0.3, 0.4) is 0 Å². The summed E-state index contributed by atoms with van der Waals surface area (Å²) in [5.74, 6) is 0.0879. The van der Waals surface area contributed by atoms with Gasteiger partial charge in [-0.2, -0.15) is 5.26 Å². The van der Waals surface area contributed by atoms with Crippen LogP contribution in [0.2, 0.25) is 5.02 Å². The van der Waals surface area contributed by atoms with E-state index in [2.05, 4.69) is 22.8 Å². The van der Waals surface area contributed by atoms with Crippen molar-refractivity contribution in [2.75, 3.05) is 29.4 Å². The van der Waals surface area contributed by atoms with Gasteiger partial charge in [-0.25, -0.2) is 0 Å². The van der Waals surface area contributed by atoms with Gasteiger partial charge in [-0.1, -0.05) is 11.6 Å². The molecule has 134 valence electrons. The molecule has 0 unspecified atom stereocenters. The lowest BCUT2D eigenvalue weighted by Gasteiger charge is -2.29. The van der Waals surface area contributed by atoms with Crippen molar-refractivity contribution in [3.05, 3.63) is 58.6 Å². The van der Waals surface area contributed by atoms with Gasteiger partial charge >= 0.3 is 0 Å². The summed E-state index contributed by atoms with van der Waals surface area (Å²) in [4.78, 5) is 16.1. The third kappa shape index (κ3) is 3.84. The number of nitriles is 1. The van der Waals surface area contributed by atoms with Gasteiger partial charge in [0, 0.05) is 42.6 Å². The normalized spacial score (nSPS) is 17.5. The van der Waals surface area contributed by atoms with Crippen molar-refractivity contribution in [3.63, 3.8) is 0 Å². The molecule has 1 aliphatic heterocycles. The van der Waals surface area contributed by atoms with E-state index >= 15 is 0 Å². The van der Waals surface area contributed by atoms with E-state index in [9.17, 15) is 4.79 Å². The summed E-state index contributed by atoms with van der Waals surface area (Å²) in [6, 6.07) is 16.0. The van der Waals surface area contributed by atoms with E-state index in [1.54, 1.807) is 13.0 Å². The van der Waals surface area contributed by atoms with Gasteiger partial charge in [0.15, 0.2) is 5.78 Å². The first kappa shape index (κ1) is 18.3. The number of hydrogen-bond acceptors (Lipinski definition) is 4. The number of benzene rings is 2. The van der Waals surface area contributed by atoms with Crippen LogP contribution in [0, 0.1) is 11.3 Å². The van der Waals surface area contributed by atoms with Crippen LogP contribution in [0.5, 0.6) is 0 Å². The number of rotatable bonds is 3. The van der Waals surface area contributed by atoms with Crippen molar-refractivity contribution >= 4 is 28.8 Å². The number of anilines is 2. The molecule has 0 aliphatic carbocycles. The van der Waals surface area contributed by atoms with Crippen LogP contribution in [0.4, 0.5) is 11.4 Å². The quantitative estimate of drug-likeness (QED) is 0.748. The van der Waals surface area contributed by atoms with Crippen LogP contribution in [-0.2, 0) is 0 Å². The highest BCUT2D eigenvalue weighted by atomic mass is 35.5. The molecule has 0 spiro atoms. The minimum absolute atomic E-state index is 0.0879. The smallest absolute Gasteiger partial charge is 0.159 e. The summed E-state index contributed by atoms with van der Waals surface area (Å²) in [6.45, 7) is 6.53. The highest BCUT2D eigenvalue weighted by Gasteiger charge is 2.22. The Morgan fingerprint density at radius 3 is 2.42 bits per heavy atom. The molecule has 1 heterocycles. The predicted octanol–water partition coefficient (Wildman–Crippen LogP) is 4.52. The molecule has 0 amide bonds. The number of nitrogens with zero attached hydrogens (tertiary/aromatic N) is 3. The third-order valence-corrected chi connectivity index (χ3v) is 5.32. The topological polar surface area (TPSA) is 47.3 Å². The van der Waals surface area contributed by atoms with Gasteiger partial charge < -0.3 is 9.80 Å². The van der Waals surface area contributed by atoms with E-state index in [4.69, 9.17) is 16.9 Å². The number of carbonyl (C=O) groups is 1. The van der Waals surface area contributed by atoms with E-state index in [1.165, 1.54) is 0 Å². The first-order chi connectivity index (χ1) is 12.5. The van der Waals surface area contributed by atoms with Crippen molar-refractivity contribution < 1.29 is 4.79 Å². The molecule has 1 atom stereocenters. The van der Waals surface area contributed by atoms with Crippen LogP contribution < -0.4 is 9.80 Å². The molecular formula is C21H22ClN3O. The van der Waals surface area contributed by atoms with E-state index in [0.29, 0.717) is 16.6 Å². The highest BCUT2D eigenvalue weighted by molar-refractivity contribution is 6.32. The van der Waals surface area contributed by atoms with Gasteiger partial charge in [0.1, 0.15) is 6.07 Å². The van der Waals surface area contributed by atoms with Gasteiger partial charge in [-0.3, -0.25) is 4.79 Å². The molecule has 2 aromatic carbocycles. The van der Waals surface area contributed by atoms with Crippen molar-refractivity contribution in [3.8, 4) is 6.07 Å². The minimum Gasteiger partial charge on any atom is -0.370 e. The number of Topliss-reactive ketones (excluding diaryl/α,β-unsaturated/α-hetero) is 1. The van der Waals surface area contributed by atoms with E-state index in [0.717, 1.165) is 43.0 Å². The zero-order chi connectivity index (χ0) is 18.7. The fraction of sp³-hybridized carbons (Fsp3) is 0.333. The molecule has 1 saturated heterocycles. The van der Waals surface area contributed by atoms with Gasteiger partial charge in [0.25, 0.3) is 0 Å². The van der Waals surface area contributed by atoms with Gasteiger partial charge in [-0.15, -0.1) is 0 Å². The Balaban J connectivity index is 1.76. The SMILES string of the molecule is CC(=O)c1ccc(N2CC[C@H](C)N(c3ccc(C#N)c(Cl)c3)CC2)cc1. The molecule has 1 fully saturated rings. The van der Waals surface area contributed by atoms with Crippen molar-refractivity contribution in [1.29, 1.82) is 5.26 Å². The summed E-state index contributed by atoms with van der Waals surface area (Å²) >= 11 is 6.22. The second kappa shape index (κ2) is 7.80. The van der Waals surface area contributed by atoms with Crippen LogP contribution in [-0.4, -0.2) is 31.5 Å². The van der Waals surface area contributed by atoms with Crippen molar-refractivity contribution in [1.82, 2.24) is 0 Å². The summed E-state index contributed by atoms with van der Waals surface area (Å²) in [6.07, 6.45) is 1.02. The Morgan fingerprint density at radius 1 is 1.12 bits per heavy atom. The summed E-state index contributed by atoms with van der Waals surface area (Å²) in [7, 11) is 0. The molecule has 0 bridgehead atoms. The molecule has 4 nitrogen and oxygen atoms in total.